The molecule has 0 saturated carbocycles. The highest BCUT2D eigenvalue weighted by Gasteiger charge is 2.15. The standard InChI is InChI=1S/C23H28N2O5/c1-3-28-20-9-5-16(13-21(20)29-4-2)11-12-24-23(27)15-30-18-7-8-19-17(14-18)6-10-22(26)25-19/h5,7-9,13-14H,3-4,6,10-12,15H2,1-2H3,(H,24,27)(H,25,26). The number of nitrogens with one attached hydrogen (secondary N) is 2. The molecule has 3 rings (SSSR count). The Morgan fingerprint density at radius 2 is 1.80 bits per heavy atom. The van der Waals surface area contributed by atoms with E-state index in [1.807, 2.05) is 44.2 Å². The van der Waals surface area contributed by atoms with Gasteiger partial charge in [-0.1, -0.05) is 6.07 Å². The quantitative estimate of drug-likeness (QED) is 0.626. The van der Waals surface area contributed by atoms with Gasteiger partial charge in [0.25, 0.3) is 5.91 Å². The number of anilines is 1. The number of hydrogen-bond acceptors (Lipinski definition) is 5. The fraction of sp³-hybridized carbons (Fsp3) is 0.391. The summed E-state index contributed by atoms with van der Waals surface area (Å²) in [5.41, 5.74) is 2.89. The first-order valence-electron chi connectivity index (χ1n) is 10.3. The molecule has 30 heavy (non-hydrogen) atoms. The van der Waals surface area contributed by atoms with Gasteiger partial charge in [0, 0.05) is 18.7 Å². The van der Waals surface area contributed by atoms with Gasteiger partial charge in [-0.2, -0.15) is 0 Å². The molecular formula is C23H28N2O5. The van der Waals surface area contributed by atoms with Crippen LogP contribution in [-0.2, 0) is 22.4 Å². The van der Waals surface area contributed by atoms with Crippen LogP contribution in [-0.4, -0.2) is 38.2 Å². The van der Waals surface area contributed by atoms with E-state index >= 15 is 0 Å². The van der Waals surface area contributed by atoms with Crippen molar-refractivity contribution >= 4 is 17.5 Å². The van der Waals surface area contributed by atoms with Gasteiger partial charge in [0.2, 0.25) is 5.91 Å². The minimum absolute atomic E-state index is 0.0245. The van der Waals surface area contributed by atoms with Crippen molar-refractivity contribution in [3.8, 4) is 17.2 Å². The largest absolute Gasteiger partial charge is 0.490 e. The lowest BCUT2D eigenvalue weighted by Crippen LogP contribution is -2.30. The van der Waals surface area contributed by atoms with Crippen molar-refractivity contribution in [2.45, 2.75) is 33.1 Å². The molecule has 160 valence electrons. The van der Waals surface area contributed by atoms with Gasteiger partial charge in [-0.15, -0.1) is 0 Å². The van der Waals surface area contributed by atoms with Crippen molar-refractivity contribution in [2.24, 2.45) is 0 Å². The number of carbonyl (C=O) groups is 2. The third kappa shape index (κ3) is 5.89. The number of amides is 2. The average molecular weight is 412 g/mol. The minimum Gasteiger partial charge on any atom is -0.490 e. The molecule has 2 amide bonds. The smallest absolute Gasteiger partial charge is 0.257 e. The Kier molecular flexibility index (Phi) is 7.54. The Morgan fingerprint density at radius 3 is 2.60 bits per heavy atom. The number of rotatable bonds is 10. The van der Waals surface area contributed by atoms with E-state index in [0.29, 0.717) is 44.8 Å². The van der Waals surface area contributed by atoms with Crippen LogP contribution in [0.5, 0.6) is 17.2 Å². The molecular weight excluding hydrogens is 384 g/mol. The number of carbonyl (C=O) groups excluding carboxylic acids is 2. The van der Waals surface area contributed by atoms with E-state index in [1.54, 1.807) is 6.07 Å². The van der Waals surface area contributed by atoms with E-state index < -0.39 is 0 Å². The number of aryl methyl sites for hydroxylation is 1. The second-order valence-corrected chi connectivity index (χ2v) is 6.90. The molecule has 0 atom stereocenters. The lowest BCUT2D eigenvalue weighted by molar-refractivity contribution is -0.123. The van der Waals surface area contributed by atoms with Crippen LogP contribution in [0.15, 0.2) is 36.4 Å². The topological polar surface area (TPSA) is 85.9 Å². The van der Waals surface area contributed by atoms with E-state index in [-0.39, 0.29) is 18.4 Å². The zero-order valence-corrected chi connectivity index (χ0v) is 17.5. The summed E-state index contributed by atoms with van der Waals surface area (Å²) in [5, 5.41) is 5.69. The highest BCUT2D eigenvalue weighted by Crippen LogP contribution is 2.29. The highest BCUT2D eigenvalue weighted by molar-refractivity contribution is 5.94. The van der Waals surface area contributed by atoms with E-state index in [1.165, 1.54) is 0 Å². The van der Waals surface area contributed by atoms with Crippen LogP contribution in [0.1, 0.15) is 31.4 Å². The molecule has 0 aromatic heterocycles. The summed E-state index contributed by atoms with van der Waals surface area (Å²) < 4.78 is 16.8. The minimum atomic E-state index is -0.183. The Labute approximate surface area is 176 Å². The molecule has 2 N–H and O–H groups in total. The van der Waals surface area contributed by atoms with Crippen molar-refractivity contribution < 1.29 is 23.8 Å². The molecule has 1 heterocycles. The molecule has 0 radical (unpaired) electrons. The summed E-state index contributed by atoms with van der Waals surface area (Å²) in [5.74, 6) is 1.90. The molecule has 2 aromatic rings. The maximum Gasteiger partial charge on any atom is 0.257 e. The van der Waals surface area contributed by atoms with E-state index in [9.17, 15) is 9.59 Å². The van der Waals surface area contributed by atoms with Crippen LogP contribution in [0.2, 0.25) is 0 Å². The van der Waals surface area contributed by atoms with Crippen LogP contribution < -0.4 is 24.8 Å². The van der Waals surface area contributed by atoms with Crippen molar-refractivity contribution in [1.82, 2.24) is 5.32 Å². The monoisotopic (exact) mass is 412 g/mol. The van der Waals surface area contributed by atoms with Crippen LogP contribution in [0, 0.1) is 0 Å². The normalized spacial score (nSPS) is 12.5. The number of fused-ring (bicyclic) bond motifs is 1. The van der Waals surface area contributed by atoms with Gasteiger partial charge in [0.1, 0.15) is 5.75 Å². The third-order valence-electron chi connectivity index (χ3n) is 4.69. The van der Waals surface area contributed by atoms with Crippen LogP contribution >= 0.6 is 0 Å². The molecule has 0 bridgehead atoms. The van der Waals surface area contributed by atoms with Crippen molar-refractivity contribution in [2.75, 3.05) is 31.7 Å². The Morgan fingerprint density at radius 1 is 1.00 bits per heavy atom. The zero-order chi connectivity index (χ0) is 21.3. The molecule has 7 nitrogen and oxygen atoms in total. The maximum absolute atomic E-state index is 12.1. The molecule has 0 unspecified atom stereocenters. The molecule has 0 aliphatic carbocycles. The molecule has 1 aliphatic heterocycles. The molecule has 0 fully saturated rings. The highest BCUT2D eigenvalue weighted by atomic mass is 16.5. The second kappa shape index (κ2) is 10.5. The first-order valence-corrected chi connectivity index (χ1v) is 10.3. The summed E-state index contributed by atoms with van der Waals surface area (Å²) in [4.78, 5) is 23.5. The van der Waals surface area contributed by atoms with Crippen LogP contribution in [0.4, 0.5) is 5.69 Å². The van der Waals surface area contributed by atoms with Gasteiger partial charge >= 0.3 is 0 Å². The van der Waals surface area contributed by atoms with Crippen LogP contribution in [0.3, 0.4) is 0 Å². The molecule has 0 spiro atoms. The molecule has 0 saturated heterocycles. The van der Waals surface area contributed by atoms with E-state index in [2.05, 4.69) is 10.6 Å². The molecule has 2 aromatic carbocycles. The van der Waals surface area contributed by atoms with E-state index in [4.69, 9.17) is 14.2 Å². The van der Waals surface area contributed by atoms with Gasteiger partial charge in [-0.3, -0.25) is 9.59 Å². The molecule has 7 heteroatoms. The van der Waals surface area contributed by atoms with Crippen molar-refractivity contribution in [1.29, 1.82) is 0 Å². The maximum atomic E-state index is 12.1. The average Bonchev–Trinajstić information content (AvgIpc) is 2.74. The first kappa shape index (κ1) is 21.5. The lowest BCUT2D eigenvalue weighted by Gasteiger charge is -2.17. The summed E-state index contributed by atoms with van der Waals surface area (Å²) in [6.45, 7) is 5.45. The molecule has 1 aliphatic rings. The fourth-order valence-corrected chi connectivity index (χ4v) is 3.25. The van der Waals surface area contributed by atoms with E-state index in [0.717, 1.165) is 28.3 Å². The van der Waals surface area contributed by atoms with Gasteiger partial charge in [-0.05, 0) is 68.1 Å². The SMILES string of the molecule is CCOc1ccc(CCNC(=O)COc2ccc3c(c2)CCC(=O)N3)cc1OCC. The first-order chi connectivity index (χ1) is 14.6. The Balaban J connectivity index is 1.45. The number of hydrogen-bond donors (Lipinski definition) is 2. The Bertz CT molecular complexity index is 897. The predicted molar refractivity (Wildman–Crippen MR) is 114 cm³/mol. The zero-order valence-electron chi connectivity index (χ0n) is 17.5. The summed E-state index contributed by atoms with van der Waals surface area (Å²) >= 11 is 0. The van der Waals surface area contributed by atoms with Gasteiger partial charge in [0.05, 0.1) is 13.2 Å². The summed E-state index contributed by atoms with van der Waals surface area (Å²) in [7, 11) is 0. The predicted octanol–water partition coefficient (Wildman–Crippen LogP) is 3.11. The van der Waals surface area contributed by atoms with Gasteiger partial charge in [0.15, 0.2) is 18.1 Å². The van der Waals surface area contributed by atoms with Crippen LogP contribution in [0.25, 0.3) is 0 Å². The third-order valence-corrected chi connectivity index (χ3v) is 4.69. The Hall–Kier alpha value is -3.22. The summed E-state index contributed by atoms with van der Waals surface area (Å²) in [6.07, 6.45) is 1.82. The van der Waals surface area contributed by atoms with Gasteiger partial charge in [-0.25, -0.2) is 0 Å². The second-order valence-electron chi connectivity index (χ2n) is 6.90. The number of benzene rings is 2. The summed E-state index contributed by atoms with van der Waals surface area (Å²) in [6, 6.07) is 11.3. The van der Waals surface area contributed by atoms with Crippen molar-refractivity contribution in [3.63, 3.8) is 0 Å². The fourth-order valence-electron chi connectivity index (χ4n) is 3.25. The van der Waals surface area contributed by atoms with Gasteiger partial charge < -0.3 is 24.8 Å². The lowest BCUT2D eigenvalue weighted by atomic mass is 10.0. The number of ether oxygens (including phenoxy) is 3. The van der Waals surface area contributed by atoms with Crippen molar-refractivity contribution in [3.05, 3.63) is 47.5 Å².